The number of alkyl halides is 3. The first-order chi connectivity index (χ1) is 7.43. The van der Waals surface area contributed by atoms with Crippen molar-refractivity contribution >= 4 is 5.82 Å². The van der Waals surface area contributed by atoms with Gasteiger partial charge in [0.2, 0.25) is 0 Å². The van der Waals surface area contributed by atoms with Crippen molar-refractivity contribution in [1.29, 1.82) is 0 Å². The van der Waals surface area contributed by atoms with Crippen molar-refractivity contribution in [2.24, 2.45) is 0 Å². The average Bonchev–Trinajstić information content (AvgIpc) is 2.17. The van der Waals surface area contributed by atoms with Gasteiger partial charge in [-0.1, -0.05) is 6.07 Å². The number of halogens is 3. The van der Waals surface area contributed by atoms with Gasteiger partial charge in [-0.2, -0.15) is 13.2 Å². The molecule has 0 aliphatic carbocycles. The molecule has 0 spiro atoms. The van der Waals surface area contributed by atoms with E-state index in [2.05, 4.69) is 10.3 Å². The van der Waals surface area contributed by atoms with E-state index in [9.17, 15) is 13.2 Å². The third-order valence-electron chi connectivity index (χ3n) is 2.00. The highest BCUT2D eigenvalue weighted by atomic mass is 19.4. The van der Waals surface area contributed by atoms with Crippen LogP contribution in [0.4, 0.5) is 19.0 Å². The molecule has 3 nitrogen and oxygen atoms in total. The molecular formula is C10H13F3N2O. The molecule has 0 saturated heterocycles. The van der Waals surface area contributed by atoms with Crippen molar-refractivity contribution in [1.82, 2.24) is 4.98 Å². The third kappa shape index (κ3) is 3.69. The number of aromatic nitrogens is 1. The van der Waals surface area contributed by atoms with Crippen LogP contribution in [0.15, 0.2) is 18.2 Å². The number of aliphatic hydroxyl groups is 1. The summed E-state index contributed by atoms with van der Waals surface area (Å²) < 4.78 is 37.0. The Balaban J connectivity index is 2.75. The second kappa shape index (κ2) is 5.16. The van der Waals surface area contributed by atoms with E-state index in [0.717, 1.165) is 6.07 Å². The number of hydrogen-bond acceptors (Lipinski definition) is 3. The second-order valence-electron chi connectivity index (χ2n) is 3.46. The first-order valence-corrected chi connectivity index (χ1v) is 4.85. The lowest BCUT2D eigenvalue weighted by Crippen LogP contribution is -2.18. The molecule has 0 radical (unpaired) electrons. The summed E-state index contributed by atoms with van der Waals surface area (Å²) in [5, 5.41) is 11.4. The average molecular weight is 234 g/mol. The summed E-state index contributed by atoms with van der Waals surface area (Å²) in [6.07, 6.45) is -3.98. The normalized spacial score (nSPS) is 13.6. The van der Waals surface area contributed by atoms with Crippen molar-refractivity contribution in [2.75, 3.05) is 11.9 Å². The number of nitrogens with one attached hydrogen (secondary N) is 1. The zero-order valence-electron chi connectivity index (χ0n) is 8.75. The van der Waals surface area contributed by atoms with Crippen molar-refractivity contribution in [3.05, 3.63) is 23.9 Å². The summed E-state index contributed by atoms with van der Waals surface area (Å²) in [5.74, 6) is 0.163. The summed E-state index contributed by atoms with van der Waals surface area (Å²) in [4.78, 5) is 3.45. The summed E-state index contributed by atoms with van der Waals surface area (Å²) in [5.41, 5.74) is -0.923. The number of nitrogens with zero attached hydrogens (tertiary/aromatic N) is 1. The third-order valence-corrected chi connectivity index (χ3v) is 2.00. The van der Waals surface area contributed by atoms with Gasteiger partial charge in [0.05, 0.1) is 0 Å². The van der Waals surface area contributed by atoms with Crippen LogP contribution in [0.3, 0.4) is 0 Å². The van der Waals surface area contributed by atoms with Crippen LogP contribution in [-0.4, -0.2) is 22.7 Å². The Bertz CT molecular complexity index is 341. The Labute approximate surface area is 91.3 Å². The first kappa shape index (κ1) is 12.8. The van der Waals surface area contributed by atoms with Gasteiger partial charge in [-0.05, 0) is 25.5 Å². The predicted molar refractivity (Wildman–Crippen MR) is 54.0 cm³/mol. The first-order valence-electron chi connectivity index (χ1n) is 4.85. The minimum Gasteiger partial charge on any atom is -0.396 e. The van der Waals surface area contributed by atoms with Gasteiger partial charge in [-0.3, -0.25) is 0 Å². The van der Waals surface area contributed by atoms with E-state index in [4.69, 9.17) is 5.11 Å². The van der Waals surface area contributed by atoms with Gasteiger partial charge in [0, 0.05) is 12.6 Å². The van der Waals surface area contributed by atoms with Crippen LogP contribution in [0, 0.1) is 0 Å². The summed E-state index contributed by atoms with van der Waals surface area (Å²) >= 11 is 0. The van der Waals surface area contributed by atoms with Gasteiger partial charge >= 0.3 is 6.18 Å². The molecule has 0 aliphatic rings. The van der Waals surface area contributed by atoms with Crippen LogP contribution in [0.2, 0.25) is 0 Å². The van der Waals surface area contributed by atoms with Gasteiger partial charge < -0.3 is 10.4 Å². The van der Waals surface area contributed by atoms with E-state index in [0.29, 0.717) is 6.42 Å². The molecule has 90 valence electrons. The lowest BCUT2D eigenvalue weighted by Gasteiger charge is -2.14. The van der Waals surface area contributed by atoms with Crippen LogP contribution in [0.5, 0.6) is 0 Å². The van der Waals surface area contributed by atoms with Gasteiger partial charge in [-0.25, -0.2) is 4.98 Å². The Morgan fingerprint density at radius 1 is 1.44 bits per heavy atom. The molecule has 0 aliphatic heterocycles. The van der Waals surface area contributed by atoms with Gasteiger partial charge in [0.1, 0.15) is 11.5 Å². The van der Waals surface area contributed by atoms with Crippen molar-refractivity contribution in [3.8, 4) is 0 Å². The molecular weight excluding hydrogens is 221 g/mol. The maximum Gasteiger partial charge on any atom is 0.433 e. The van der Waals surface area contributed by atoms with Crippen LogP contribution < -0.4 is 5.32 Å². The summed E-state index contributed by atoms with van der Waals surface area (Å²) in [6.45, 7) is 1.74. The topological polar surface area (TPSA) is 45.1 Å². The molecule has 6 heteroatoms. The number of hydrogen-bond donors (Lipinski definition) is 2. The highest BCUT2D eigenvalue weighted by molar-refractivity contribution is 5.36. The molecule has 1 heterocycles. The molecule has 0 unspecified atom stereocenters. The summed E-state index contributed by atoms with van der Waals surface area (Å²) in [7, 11) is 0. The van der Waals surface area contributed by atoms with Crippen LogP contribution in [0.1, 0.15) is 19.0 Å². The molecule has 1 aromatic heterocycles. The molecule has 0 saturated carbocycles. The number of pyridine rings is 1. The fourth-order valence-corrected chi connectivity index (χ4v) is 1.19. The fourth-order valence-electron chi connectivity index (χ4n) is 1.19. The monoisotopic (exact) mass is 234 g/mol. The molecule has 1 rings (SSSR count). The molecule has 1 aromatic rings. The van der Waals surface area contributed by atoms with Gasteiger partial charge in [0.15, 0.2) is 0 Å². The molecule has 16 heavy (non-hydrogen) atoms. The van der Waals surface area contributed by atoms with E-state index in [-0.39, 0.29) is 18.5 Å². The lowest BCUT2D eigenvalue weighted by atomic mass is 10.2. The molecule has 0 amide bonds. The van der Waals surface area contributed by atoms with Crippen LogP contribution >= 0.6 is 0 Å². The van der Waals surface area contributed by atoms with E-state index < -0.39 is 11.9 Å². The maximum atomic E-state index is 12.3. The van der Waals surface area contributed by atoms with Crippen molar-refractivity contribution in [2.45, 2.75) is 25.6 Å². The van der Waals surface area contributed by atoms with Crippen LogP contribution in [0.25, 0.3) is 0 Å². The highest BCUT2D eigenvalue weighted by Crippen LogP contribution is 2.28. The van der Waals surface area contributed by atoms with E-state index in [1.807, 2.05) is 0 Å². The highest BCUT2D eigenvalue weighted by Gasteiger charge is 2.32. The van der Waals surface area contributed by atoms with E-state index >= 15 is 0 Å². The molecule has 2 N–H and O–H groups in total. The van der Waals surface area contributed by atoms with Gasteiger partial charge in [-0.15, -0.1) is 0 Å². The standard InChI is InChI=1S/C10H13F3N2O/c1-7(5-6-16)14-9-4-2-3-8(15-9)10(11,12)13/h2-4,7,16H,5-6H2,1H3,(H,14,15)/t7-/m0/s1. The Hall–Kier alpha value is -1.30. The van der Waals surface area contributed by atoms with E-state index in [1.54, 1.807) is 6.92 Å². The fraction of sp³-hybridized carbons (Fsp3) is 0.500. The Kier molecular flexibility index (Phi) is 4.12. The largest absolute Gasteiger partial charge is 0.433 e. The Morgan fingerprint density at radius 2 is 2.12 bits per heavy atom. The smallest absolute Gasteiger partial charge is 0.396 e. The quantitative estimate of drug-likeness (QED) is 0.840. The number of rotatable bonds is 4. The molecule has 0 aromatic carbocycles. The SMILES string of the molecule is C[C@@H](CCO)Nc1cccc(C(F)(F)F)n1. The maximum absolute atomic E-state index is 12.3. The zero-order valence-corrected chi connectivity index (χ0v) is 8.75. The minimum atomic E-state index is -4.43. The summed E-state index contributed by atoms with van der Waals surface area (Å²) in [6, 6.07) is 3.55. The van der Waals surface area contributed by atoms with Crippen molar-refractivity contribution in [3.63, 3.8) is 0 Å². The Morgan fingerprint density at radius 3 is 2.69 bits per heavy atom. The van der Waals surface area contributed by atoms with Crippen LogP contribution in [-0.2, 0) is 6.18 Å². The number of anilines is 1. The minimum absolute atomic E-state index is 0.0207. The lowest BCUT2D eigenvalue weighted by molar-refractivity contribution is -0.141. The number of aliphatic hydroxyl groups excluding tert-OH is 1. The van der Waals surface area contributed by atoms with E-state index in [1.165, 1.54) is 12.1 Å². The zero-order chi connectivity index (χ0) is 12.2. The van der Waals surface area contributed by atoms with Crippen molar-refractivity contribution < 1.29 is 18.3 Å². The molecule has 1 atom stereocenters. The predicted octanol–water partition coefficient (Wildman–Crippen LogP) is 2.28. The molecule has 0 bridgehead atoms. The van der Waals surface area contributed by atoms with Gasteiger partial charge in [0.25, 0.3) is 0 Å². The molecule has 0 fully saturated rings. The second-order valence-corrected chi connectivity index (χ2v) is 3.46.